The number of aromatic nitrogens is 1. The number of carbonyl (C=O) groups is 1. The molecule has 1 amide bonds. The number of benzene rings is 3. The van der Waals surface area contributed by atoms with E-state index >= 15 is 0 Å². The molecule has 0 spiro atoms. The molecule has 0 radical (unpaired) electrons. The standard InChI is InChI=1S/C30H33F2N3O3S/c1-3-10-35-30(38)25-9-8-22(15-28(25)39-35)29(37)34-26(14-21-12-23(31)16-24(32)13-21)27(36)18-33-17-20-7-5-6-19(4-2)11-20/h5-9,11-13,15-16,26-27,33,36H,3-4,10,14,17-18H2,1-2H3,(H,34,37)/t26-,27+/m0/s1. The number of fused-ring (bicyclic) bond motifs is 1. The summed E-state index contributed by atoms with van der Waals surface area (Å²) < 4.78 is 30.1. The predicted octanol–water partition coefficient (Wildman–Crippen LogP) is 4.81. The van der Waals surface area contributed by atoms with Crippen molar-refractivity contribution in [3.05, 3.63) is 105 Å². The van der Waals surface area contributed by atoms with Crippen LogP contribution in [0.1, 0.15) is 47.3 Å². The van der Waals surface area contributed by atoms with Crippen LogP contribution in [0.25, 0.3) is 10.1 Å². The highest BCUT2D eigenvalue weighted by molar-refractivity contribution is 7.13. The monoisotopic (exact) mass is 553 g/mol. The first kappa shape index (κ1) is 28.6. The van der Waals surface area contributed by atoms with Crippen LogP contribution in [0.4, 0.5) is 8.78 Å². The molecule has 0 fully saturated rings. The van der Waals surface area contributed by atoms with E-state index in [1.54, 1.807) is 22.2 Å². The lowest BCUT2D eigenvalue weighted by Crippen LogP contribution is -2.48. The Hall–Kier alpha value is -3.40. The lowest BCUT2D eigenvalue weighted by Gasteiger charge is -2.25. The fourth-order valence-electron chi connectivity index (χ4n) is 4.54. The molecule has 0 aliphatic carbocycles. The van der Waals surface area contributed by atoms with E-state index in [2.05, 4.69) is 29.7 Å². The van der Waals surface area contributed by atoms with E-state index < -0.39 is 29.7 Å². The smallest absolute Gasteiger partial charge is 0.268 e. The maximum absolute atomic E-state index is 13.9. The average molecular weight is 554 g/mol. The molecule has 4 aromatic rings. The largest absolute Gasteiger partial charge is 0.390 e. The highest BCUT2D eigenvalue weighted by atomic mass is 32.1. The van der Waals surface area contributed by atoms with Crippen molar-refractivity contribution < 1.29 is 18.7 Å². The minimum Gasteiger partial charge on any atom is -0.390 e. The van der Waals surface area contributed by atoms with Gasteiger partial charge in [-0.25, -0.2) is 8.78 Å². The summed E-state index contributed by atoms with van der Waals surface area (Å²) in [5.74, 6) is -1.90. The maximum atomic E-state index is 13.9. The number of halogens is 2. The zero-order valence-corrected chi connectivity index (χ0v) is 22.9. The Morgan fingerprint density at radius 1 is 1.00 bits per heavy atom. The van der Waals surface area contributed by atoms with E-state index in [1.807, 2.05) is 19.1 Å². The quantitative estimate of drug-likeness (QED) is 0.235. The van der Waals surface area contributed by atoms with Crippen LogP contribution < -0.4 is 16.2 Å². The summed E-state index contributed by atoms with van der Waals surface area (Å²) in [6.45, 7) is 5.35. The fourth-order valence-corrected chi connectivity index (χ4v) is 5.67. The third-order valence-electron chi connectivity index (χ3n) is 6.58. The van der Waals surface area contributed by atoms with Gasteiger partial charge in [0.2, 0.25) is 0 Å². The van der Waals surface area contributed by atoms with Crippen LogP contribution in [-0.2, 0) is 25.9 Å². The first-order chi connectivity index (χ1) is 18.8. The molecule has 4 rings (SSSR count). The van der Waals surface area contributed by atoms with Gasteiger partial charge in [0.25, 0.3) is 11.5 Å². The topological polar surface area (TPSA) is 83.4 Å². The number of aliphatic hydroxyl groups excluding tert-OH is 1. The van der Waals surface area contributed by atoms with Gasteiger partial charge in [0.05, 0.1) is 22.2 Å². The van der Waals surface area contributed by atoms with Gasteiger partial charge in [-0.3, -0.25) is 13.5 Å². The van der Waals surface area contributed by atoms with E-state index in [-0.39, 0.29) is 18.5 Å². The Kier molecular flexibility index (Phi) is 9.61. The van der Waals surface area contributed by atoms with Gasteiger partial charge in [-0.05, 0) is 66.3 Å². The second-order valence-corrected chi connectivity index (χ2v) is 10.7. The molecule has 2 atom stereocenters. The second-order valence-electron chi connectivity index (χ2n) is 9.64. The van der Waals surface area contributed by atoms with Gasteiger partial charge in [0, 0.05) is 31.3 Å². The Labute approximate surface area is 230 Å². The van der Waals surface area contributed by atoms with Gasteiger partial charge in [0.15, 0.2) is 0 Å². The highest BCUT2D eigenvalue weighted by Gasteiger charge is 2.23. The van der Waals surface area contributed by atoms with Crippen LogP contribution in [-0.4, -0.2) is 33.7 Å². The lowest BCUT2D eigenvalue weighted by atomic mass is 10.00. The van der Waals surface area contributed by atoms with Gasteiger partial charge in [-0.2, -0.15) is 0 Å². The minimum absolute atomic E-state index is 0.0248. The third-order valence-corrected chi connectivity index (χ3v) is 7.68. The van der Waals surface area contributed by atoms with E-state index in [1.165, 1.54) is 29.2 Å². The first-order valence-corrected chi connectivity index (χ1v) is 13.9. The number of rotatable bonds is 12. The molecule has 0 aliphatic heterocycles. The highest BCUT2D eigenvalue weighted by Crippen LogP contribution is 2.20. The molecule has 0 bridgehead atoms. The van der Waals surface area contributed by atoms with Crippen molar-refractivity contribution in [3.63, 3.8) is 0 Å². The molecular weight excluding hydrogens is 520 g/mol. The number of hydrogen-bond donors (Lipinski definition) is 3. The summed E-state index contributed by atoms with van der Waals surface area (Å²) in [6.07, 6.45) is 0.719. The van der Waals surface area contributed by atoms with Crippen LogP contribution in [0, 0.1) is 11.6 Å². The van der Waals surface area contributed by atoms with Crippen molar-refractivity contribution in [2.75, 3.05) is 6.54 Å². The molecule has 9 heteroatoms. The predicted molar refractivity (Wildman–Crippen MR) is 151 cm³/mol. The third kappa shape index (κ3) is 7.38. The van der Waals surface area contributed by atoms with Crippen molar-refractivity contribution >= 4 is 27.5 Å². The molecule has 0 aliphatic rings. The average Bonchev–Trinajstić information content (AvgIpc) is 3.22. The molecule has 1 heterocycles. The molecule has 3 N–H and O–H groups in total. The van der Waals surface area contributed by atoms with Crippen molar-refractivity contribution in [1.29, 1.82) is 0 Å². The molecule has 0 saturated carbocycles. The summed E-state index contributed by atoms with van der Waals surface area (Å²) in [4.78, 5) is 25.8. The van der Waals surface area contributed by atoms with Gasteiger partial charge >= 0.3 is 0 Å². The Bertz CT molecular complexity index is 1480. The van der Waals surface area contributed by atoms with E-state index in [9.17, 15) is 23.5 Å². The molecule has 0 unspecified atom stereocenters. The van der Waals surface area contributed by atoms with Crippen LogP contribution >= 0.6 is 11.5 Å². The summed E-state index contributed by atoms with van der Waals surface area (Å²) in [5, 5.41) is 17.7. The van der Waals surface area contributed by atoms with E-state index in [0.717, 1.165) is 24.5 Å². The molecule has 6 nitrogen and oxygen atoms in total. The normalized spacial score (nSPS) is 12.9. The Morgan fingerprint density at radius 3 is 2.46 bits per heavy atom. The number of aliphatic hydroxyl groups is 1. The van der Waals surface area contributed by atoms with Crippen LogP contribution in [0.15, 0.2) is 65.5 Å². The summed E-state index contributed by atoms with van der Waals surface area (Å²) in [7, 11) is 0. The lowest BCUT2D eigenvalue weighted by molar-refractivity contribution is 0.0830. The first-order valence-electron chi connectivity index (χ1n) is 13.1. The van der Waals surface area contributed by atoms with Crippen LogP contribution in [0.5, 0.6) is 0 Å². The van der Waals surface area contributed by atoms with Crippen molar-refractivity contribution in [2.45, 2.75) is 58.3 Å². The van der Waals surface area contributed by atoms with Gasteiger partial charge in [-0.1, -0.05) is 49.6 Å². The van der Waals surface area contributed by atoms with E-state index in [4.69, 9.17) is 0 Å². The SMILES string of the molecule is CCCn1sc2cc(C(=O)N[C@@H](Cc3cc(F)cc(F)c3)[C@H](O)CNCc3cccc(CC)c3)ccc2c1=O. The number of aryl methyl sites for hydroxylation is 2. The minimum atomic E-state index is -1.04. The van der Waals surface area contributed by atoms with Crippen molar-refractivity contribution in [2.24, 2.45) is 0 Å². The van der Waals surface area contributed by atoms with E-state index in [0.29, 0.717) is 34.3 Å². The fraction of sp³-hybridized carbons (Fsp3) is 0.333. The molecule has 39 heavy (non-hydrogen) atoms. The number of nitrogens with zero attached hydrogens (tertiary/aromatic N) is 1. The summed E-state index contributed by atoms with van der Waals surface area (Å²) in [5.41, 5.74) is 2.84. The second kappa shape index (κ2) is 13.1. The molecule has 1 aromatic heterocycles. The molecule has 3 aromatic carbocycles. The summed E-state index contributed by atoms with van der Waals surface area (Å²) in [6, 6.07) is 15.3. The Morgan fingerprint density at radius 2 is 1.74 bits per heavy atom. The van der Waals surface area contributed by atoms with Gasteiger partial charge in [0.1, 0.15) is 11.6 Å². The number of carbonyl (C=O) groups excluding carboxylic acids is 1. The van der Waals surface area contributed by atoms with Crippen molar-refractivity contribution in [3.8, 4) is 0 Å². The zero-order valence-electron chi connectivity index (χ0n) is 22.0. The number of nitrogens with one attached hydrogen (secondary N) is 2. The molecular formula is C30H33F2N3O3S. The van der Waals surface area contributed by atoms with Gasteiger partial charge in [-0.15, -0.1) is 0 Å². The van der Waals surface area contributed by atoms with Gasteiger partial charge < -0.3 is 15.7 Å². The van der Waals surface area contributed by atoms with Crippen LogP contribution in [0.2, 0.25) is 0 Å². The molecule has 0 saturated heterocycles. The summed E-state index contributed by atoms with van der Waals surface area (Å²) >= 11 is 1.30. The molecule has 206 valence electrons. The van der Waals surface area contributed by atoms with Crippen molar-refractivity contribution in [1.82, 2.24) is 14.6 Å². The number of amides is 1. The zero-order chi connectivity index (χ0) is 27.9. The maximum Gasteiger partial charge on any atom is 0.268 e. The van der Waals surface area contributed by atoms with Crippen LogP contribution in [0.3, 0.4) is 0 Å². The number of hydrogen-bond acceptors (Lipinski definition) is 5. The Balaban J connectivity index is 1.51.